The number of benzene rings is 2. The van der Waals surface area contributed by atoms with E-state index in [1.54, 1.807) is 0 Å². The summed E-state index contributed by atoms with van der Waals surface area (Å²) in [5, 5.41) is 4.20. The Morgan fingerprint density at radius 1 is 1.08 bits per heavy atom. The molecule has 1 amide bonds. The Labute approximate surface area is 142 Å². The first-order valence-electron chi connectivity index (χ1n) is 8.61. The van der Waals surface area contributed by atoms with Gasteiger partial charge < -0.3 is 10.3 Å². The van der Waals surface area contributed by atoms with Gasteiger partial charge in [0.1, 0.15) is 0 Å². The molecule has 3 heteroatoms. The third-order valence-corrected chi connectivity index (χ3v) is 5.40. The Kier molecular flexibility index (Phi) is 3.64. The minimum Gasteiger partial charge on any atom is -0.358 e. The van der Waals surface area contributed by atoms with E-state index in [4.69, 9.17) is 0 Å². The van der Waals surface area contributed by atoms with Crippen molar-refractivity contribution in [1.29, 1.82) is 0 Å². The lowest BCUT2D eigenvalue weighted by molar-refractivity contribution is 0.0929. The van der Waals surface area contributed by atoms with E-state index in [9.17, 15) is 4.79 Å². The van der Waals surface area contributed by atoms with Crippen LogP contribution in [0.5, 0.6) is 0 Å². The van der Waals surface area contributed by atoms with E-state index in [0.717, 1.165) is 35.0 Å². The number of hydrogen-bond donors (Lipinski definition) is 2. The molecule has 1 aliphatic carbocycles. The van der Waals surface area contributed by atoms with Gasteiger partial charge >= 0.3 is 0 Å². The van der Waals surface area contributed by atoms with Crippen molar-refractivity contribution < 1.29 is 4.79 Å². The largest absolute Gasteiger partial charge is 0.358 e. The Morgan fingerprint density at radius 3 is 2.50 bits per heavy atom. The second kappa shape index (κ2) is 5.82. The summed E-state index contributed by atoms with van der Waals surface area (Å²) in [7, 11) is 0. The van der Waals surface area contributed by atoms with Crippen LogP contribution in [0, 0.1) is 6.92 Å². The number of aromatic nitrogens is 1. The monoisotopic (exact) mass is 318 g/mol. The van der Waals surface area contributed by atoms with E-state index < -0.39 is 0 Å². The number of hydrogen-bond acceptors (Lipinski definition) is 1. The molecule has 1 aliphatic rings. The van der Waals surface area contributed by atoms with E-state index in [-0.39, 0.29) is 11.3 Å². The maximum absolute atomic E-state index is 12.8. The van der Waals surface area contributed by atoms with Crippen LogP contribution in [-0.2, 0) is 5.41 Å². The molecule has 3 aromatic rings. The number of carbonyl (C=O) groups excluding carboxylic acids is 1. The zero-order valence-electron chi connectivity index (χ0n) is 13.9. The average Bonchev–Trinajstić information content (AvgIpc) is 2.90. The van der Waals surface area contributed by atoms with Gasteiger partial charge in [0.05, 0.1) is 5.56 Å². The molecule has 0 unspecified atom stereocenters. The third kappa shape index (κ3) is 2.41. The van der Waals surface area contributed by atoms with E-state index in [1.165, 1.54) is 12.0 Å². The van der Waals surface area contributed by atoms with Crippen molar-refractivity contribution in [2.45, 2.75) is 31.6 Å². The topological polar surface area (TPSA) is 44.9 Å². The van der Waals surface area contributed by atoms with Crippen LogP contribution in [0.4, 0.5) is 0 Å². The van der Waals surface area contributed by atoms with Crippen molar-refractivity contribution in [1.82, 2.24) is 10.3 Å². The van der Waals surface area contributed by atoms with Gasteiger partial charge in [0.15, 0.2) is 0 Å². The van der Waals surface area contributed by atoms with Gasteiger partial charge in [-0.3, -0.25) is 4.79 Å². The molecule has 2 aromatic carbocycles. The van der Waals surface area contributed by atoms with Crippen molar-refractivity contribution in [3.8, 4) is 0 Å². The van der Waals surface area contributed by atoms with E-state index in [1.807, 2.05) is 37.3 Å². The molecular weight excluding hydrogens is 296 g/mol. The highest BCUT2D eigenvalue weighted by molar-refractivity contribution is 6.08. The minimum absolute atomic E-state index is 0.0205. The van der Waals surface area contributed by atoms with Crippen molar-refractivity contribution >= 4 is 16.8 Å². The number of aromatic amines is 1. The lowest BCUT2D eigenvalue weighted by Gasteiger charge is -2.42. The molecule has 0 saturated heterocycles. The molecule has 1 heterocycles. The Hall–Kier alpha value is -2.55. The normalized spacial score (nSPS) is 15.9. The number of H-pyrrole nitrogens is 1. The summed E-state index contributed by atoms with van der Waals surface area (Å²) in [6, 6.07) is 18.6. The molecule has 1 saturated carbocycles. The number of amides is 1. The standard InChI is InChI=1S/C21H22N2O/c1-15-19(17-10-5-6-11-18(17)23-15)20(24)22-14-21(12-7-13-21)16-8-3-2-4-9-16/h2-6,8-11,23H,7,12-14H2,1H3,(H,22,24). The van der Waals surface area contributed by atoms with E-state index in [0.29, 0.717) is 6.54 Å². The molecule has 0 radical (unpaired) electrons. The minimum atomic E-state index is 0.0205. The predicted octanol–water partition coefficient (Wildman–Crippen LogP) is 4.33. The fraction of sp³-hybridized carbons (Fsp3) is 0.286. The van der Waals surface area contributed by atoms with Gasteiger partial charge in [0.25, 0.3) is 5.91 Å². The molecule has 2 N–H and O–H groups in total. The summed E-state index contributed by atoms with van der Waals surface area (Å²) < 4.78 is 0. The number of rotatable bonds is 4. The number of carbonyl (C=O) groups is 1. The van der Waals surface area contributed by atoms with Gasteiger partial charge in [0, 0.05) is 28.6 Å². The van der Waals surface area contributed by atoms with Gasteiger partial charge in [-0.25, -0.2) is 0 Å². The summed E-state index contributed by atoms with van der Waals surface area (Å²) in [5.41, 5.74) is 4.16. The maximum Gasteiger partial charge on any atom is 0.253 e. The van der Waals surface area contributed by atoms with Crippen LogP contribution in [0.2, 0.25) is 0 Å². The summed E-state index contributed by atoms with van der Waals surface area (Å²) >= 11 is 0. The van der Waals surface area contributed by atoms with Crippen molar-refractivity contribution in [3.05, 3.63) is 71.4 Å². The van der Waals surface area contributed by atoms with Gasteiger partial charge in [-0.1, -0.05) is 55.0 Å². The smallest absolute Gasteiger partial charge is 0.253 e. The van der Waals surface area contributed by atoms with Crippen LogP contribution in [0.3, 0.4) is 0 Å². The zero-order chi connectivity index (χ0) is 16.6. The summed E-state index contributed by atoms with van der Waals surface area (Å²) in [6.45, 7) is 2.67. The zero-order valence-corrected chi connectivity index (χ0v) is 13.9. The maximum atomic E-state index is 12.8. The summed E-state index contributed by atoms with van der Waals surface area (Å²) in [5.74, 6) is 0.0205. The molecule has 4 rings (SSSR count). The highest BCUT2D eigenvalue weighted by Gasteiger charge is 2.38. The van der Waals surface area contributed by atoms with Gasteiger partial charge in [-0.15, -0.1) is 0 Å². The highest BCUT2D eigenvalue weighted by Crippen LogP contribution is 2.43. The number of aryl methyl sites for hydroxylation is 1. The molecule has 24 heavy (non-hydrogen) atoms. The van der Waals surface area contributed by atoms with E-state index >= 15 is 0 Å². The second-order valence-electron chi connectivity index (χ2n) is 6.85. The number of fused-ring (bicyclic) bond motifs is 1. The lowest BCUT2D eigenvalue weighted by atomic mass is 9.64. The Bertz CT molecular complexity index is 875. The Balaban J connectivity index is 1.57. The molecule has 0 spiro atoms. The van der Waals surface area contributed by atoms with Crippen LogP contribution in [0.15, 0.2) is 54.6 Å². The molecule has 1 aromatic heterocycles. The average molecular weight is 318 g/mol. The van der Waals surface area contributed by atoms with Crippen LogP contribution < -0.4 is 5.32 Å². The van der Waals surface area contributed by atoms with Crippen LogP contribution in [0.25, 0.3) is 10.9 Å². The van der Waals surface area contributed by atoms with Crippen molar-refractivity contribution in [3.63, 3.8) is 0 Å². The molecule has 0 aliphatic heterocycles. The molecule has 0 bridgehead atoms. The predicted molar refractivity (Wildman–Crippen MR) is 97.3 cm³/mol. The molecular formula is C21H22N2O. The SMILES string of the molecule is Cc1[nH]c2ccccc2c1C(=O)NCC1(c2ccccc2)CCC1. The van der Waals surface area contributed by atoms with Crippen molar-refractivity contribution in [2.75, 3.05) is 6.54 Å². The quantitative estimate of drug-likeness (QED) is 0.739. The summed E-state index contributed by atoms with van der Waals surface area (Å²) in [4.78, 5) is 16.1. The fourth-order valence-electron chi connectivity index (χ4n) is 3.87. The first kappa shape index (κ1) is 15.0. The second-order valence-corrected chi connectivity index (χ2v) is 6.85. The van der Waals surface area contributed by atoms with Crippen LogP contribution in [0.1, 0.15) is 40.9 Å². The number of nitrogens with one attached hydrogen (secondary N) is 2. The number of para-hydroxylation sites is 1. The first-order valence-corrected chi connectivity index (χ1v) is 8.61. The van der Waals surface area contributed by atoms with Gasteiger partial charge in [-0.2, -0.15) is 0 Å². The highest BCUT2D eigenvalue weighted by atomic mass is 16.1. The molecule has 3 nitrogen and oxygen atoms in total. The fourth-order valence-corrected chi connectivity index (χ4v) is 3.87. The van der Waals surface area contributed by atoms with E-state index in [2.05, 4.69) is 34.6 Å². The first-order chi connectivity index (χ1) is 11.7. The third-order valence-electron chi connectivity index (χ3n) is 5.40. The lowest BCUT2D eigenvalue weighted by Crippen LogP contribution is -2.45. The molecule has 1 fully saturated rings. The van der Waals surface area contributed by atoms with Crippen molar-refractivity contribution in [2.24, 2.45) is 0 Å². The van der Waals surface area contributed by atoms with Crippen LogP contribution in [-0.4, -0.2) is 17.4 Å². The summed E-state index contributed by atoms with van der Waals surface area (Å²) in [6.07, 6.45) is 3.52. The molecule has 122 valence electrons. The molecule has 0 atom stereocenters. The van der Waals surface area contributed by atoms with Gasteiger partial charge in [-0.05, 0) is 31.4 Å². The van der Waals surface area contributed by atoms with Crippen LogP contribution >= 0.6 is 0 Å². The Morgan fingerprint density at radius 2 is 1.79 bits per heavy atom. The van der Waals surface area contributed by atoms with Gasteiger partial charge in [0.2, 0.25) is 0 Å².